The maximum atomic E-state index is 11.2. The van der Waals surface area contributed by atoms with Crippen LogP contribution < -0.4 is 0 Å². The molecule has 1 aliphatic rings. The molecule has 1 unspecified atom stereocenters. The first kappa shape index (κ1) is 8.51. The molecule has 11 heavy (non-hydrogen) atoms. The Morgan fingerprint density at radius 1 is 1.64 bits per heavy atom. The second kappa shape index (κ2) is 3.70. The van der Waals surface area contributed by atoms with Gasteiger partial charge in [0.1, 0.15) is 0 Å². The van der Waals surface area contributed by atoms with Crippen LogP contribution in [-0.4, -0.2) is 5.78 Å². The lowest BCUT2D eigenvalue weighted by Gasteiger charge is -2.21. The number of hydrogen-bond donors (Lipinski definition) is 0. The molecular weight excluding hydrogens is 136 g/mol. The average molecular weight is 152 g/mol. The minimum atomic E-state index is 0.372. The molecule has 1 heteroatoms. The highest BCUT2D eigenvalue weighted by Gasteiger charge is 2.20. The highest BCUT2D eigenvalue weighted by atomic mass is 16.1. The average Bonchev–Trinajstić information content (AvgIpc) is 2.05. The number of carbonyl (C=O) groups excluding carboxylic acids is 1. The van der Waals surface area contributed by atoms with Crippen molar-refractivity contribution in [2.75, 3.05) is 0 Å². The summed E-state index contributed by atoms with van der Waals surface area (Å²) in [6, 6.07) is 0. The van der Waals surface area contributed by atoms with Crippen LogP contribution in [0.2, 0.25) is 0 Å². The smallest absolute Gasteiger partial charge is 0.158 e. The lowest BCUT2D eigenvalue weighted by molar-refractivity contribution is -0.117. The quantitative estimate of drug-likeness (QED) is 0.528. The fourth-order valence-electron chi connectivity index (χ4n) is 1.65. The molecule has 0 aromatic carbocycles. The van der Waals surface area contributed by atoms with Gasteiger partial charge in [0.25, 0.3) is 0 Å². The van der Waals surface area contributed by atoms with Gasteiger partial charge in [0.15, 0.2) is 5.78 Å². The van der Waals surface area contributed by atoms with Gasteiger partial charge in [0.05, 0.1) is 0 Å². The molecule has 1 saturated carbocycles. The molecule has 1 atom stereocenters. The van der Waals surface area contributed by atoms with E-state index in [2.05, 4.69) is 6.92 Å². The molecular formula is C10H16O. The van der Waals surface area contributed by atoms with Crippen molar-refractivity contribution >= 4 is 5.78 Å². The van der Waals surface area contributed by atoms with Gasteiger partial charge in [-0.2, -0.15) is 0 Å². The number of Topliss-reactive ketones (excluding diaryl/α,β-unsaturated/α-hetero) is 1. The summed E-state index contributed by atoms with van der Waals surface area (Å²) < 4.78 is 0. The first-order valence-electron chi connectivity index (χ1n) is 4.46. The van der Waals surface area contributed by atoms with Crippen LogP contribution in [0.5, 0.6) is 0 Å². The van der Waals surface area contributed by atoms with Crippen LogP contribution in [0.15, 0.2) is 11.6 Å². The maximum absolute atomic E-state index is 11.2. The van der Waals surface area contributed by atoms with Crippen molar-refractivity contribution in [2.45, 2.75) is 39.5 Å². The third-order valence-corrected chi connectivity index (χ3v) is 2.57. The molecule has 0 aliphatic heterocycles. The predicted octanol–water partition coefficient (Wildman–Crippen LogP) is 2.71. The SMILES string of the molecule is C/C=C1\CC(CC)CCC1=O. The highest BCUT2D eigenvalue weighted by Crippen LogP contribution is 2.27. The van der Waals surface area contributed by atoms with E-state index in [0.717, 1.165) is 30.8 Å². The second-order valence-corrected chi connectivity index (χ2v) is 3.25. The molecule has 0 amide bonds. The zero-order chi connectivity index (χ0) is 8.27. The summed E-state index contributed by atoms with van der Waals surface area (Å²) in [6.45, 7) is 4.17. The van der Waals surface area contributed by atoms with E-state index in [-0.39, 0.29) is 0 Å². The second-order valence-electron chi connectivity index (χ2n) is 3.25. The van der Waals surface area contributed by atoms with Crippen molar-refractivity contribution in [2.24, 2.45) is 5.92 Å². The summed E-state index contributed by atoms with van der Waals surface area (Å²) in [6.07, 6.45) is 6.09. The normalized spacial score (nSPS) is 29.5. The molecule has 62 valence electrons. The molecule has 0 aromatic rings. The molecule has 0 bridgehead atoms. The fraction of sp³-hybridized carbons (Fsp3) is 0.700. The Hall–Kier alpha value is -0.590. The van der Waals surface area contributed by atoms with Crippen LogP contribution in [-0.2, 0) is 4.79 Å². The van der Waals surface area contributed by atoms with Gasteiger partial charge in [0, 0.05) is 6.42 Å². The number of ketones is 1. The predicted molar refractivity (Wildman–Crippen MR) is 46.4 cm³/mol. The van der Waals surface area contributed by atoms with E-state index >= 15 is 0 Å². The van der Waals surface area contributed by atoms with E-state index in [4.69, 9.17) is 0 Å². The molecule has 0 aromatic heterocycles. The topological polar surface area (TPSA) is 17.1 Å². The Bertz CT molecular complexity index is 179. The summed E-state index contributed by atoms with van der Waals surface area (Å²) in [7, 11) is 0. The third-order valence-electron chi connectivity index (χ3n) is 2.57. The Labute approximate surface area is 68.5 Å². The standard InChI is InChI=1S/C10H16O/c1-3-8-5-6-10(11)9(4-2)7-8/h4,8H,3,5-7H2,1-2H3/b9-4+. The summed E-state index contributed by atoms with van der Waals surface area (Å²) in [5.74, 6) is 1.14. The number of hydrogen-bond acceptors (Lipinski definition) is 1. The lowest BCUT2D eigenvalue weighted by Crippen LogP contribution is -2.16. The van der Waals surface area contributed by atoms with E-state index in [1.807, 2.05) is 13.0 Å². The summed E-state index contributed by atoms with van der Waals surface area (Å²) >= 11 is 0. The number of rotatable bonds is 1. The van der Waals surface area contributed by atoms with E-state index in [9.17, 15) is 4.79 Å². The first-order chi connectivity index (χ1) is 5.27. The van der Waals surface area contributed by atoms with Gasteiger partial charge >= 0.3 is 0 Å². The third kappa shape index (κ3) is 1.92. The Balaban J connectivity index is 2.58. The minimum Gasteiger partial charge on any atom is -0.295 e. The van der Waals surface area contributed by atoms with Crippen LogP contribution >= 0.6 is 0 Å². The largest absolute Gasteiger partial charge is 0.295 e. The molecule has 0 saturated heterocycles. The van der Waals surface area contributed by atoms with Gasteiger partial charge in [0.2, 0.25) is 0 Å². The zero-order valence-electron chi connectivity index (χ0n) is 7.39. The summed E-state index contributed by atoms with van der Waals surface area (Å²) in [5.41, 5.74) is 1.06. The van der Waals surface area contributed by atoms with Crippen molar-refractivity contribution in [3.63, 3.8) is 0 Å². The zero-order valence-corrected chi connectivity index (χ0v) is 7.39. The molecule has 1 rings (SSSR count). The van der Waals surface area contributed by atoms with Crippen molar-refractivity contribution in [1.29, 1.82) is 0 Å². The van der Waals surface area contributed by atoms with Gasteiger partial charge in [-0.1, -0.05) is 19.4 Å². The molecule has 1 nitrogen and oxygen atoms in total. The summed E-state index contributed by atoms with van der Waals surface area (Å²) in [4.78, 5) is 11.2. The highest BCUT2D eigenvalue weighted by molar-refractivity contribution is 5.95. The van der Waals surface area contributed by atoms with Gasteiger partial charge in [-0.15, -0.1) is 0 Å². The van der Waals surface area contributed by atoms with E-state index in [1.54, 1.807) is 0 Å². The monoisotopic (exact) mass is 152 g/mol. The lowest BCUT2D eigenvalue weighted by atomic mass is 9.83. The van der Waals surface area contributed by atoms with Crippen LogP contribution in [0.1, 0.15) is 39.5 Å². The van der Waals surface area contributed by atoms with Crippen molar-refractivity contribution < 1.29 is 4.79 Å². The van der Waals surface area contributed by atoms with Gasteiger partial charge in [-0.3, -0.25) is 4.79 Å². The van der Waals surface area contributed by atoms with E-state index < -0.39 is 0 Å². The van der Waals surface area contributed by atoms with E-state index in [1.165, 1.54) is 6.42 Å². The maximum Gasteiger partial charge on any atom is 0.158 e. The Morgan fingerprint density at radius 2 is 2.36 bits per heavy atom. The van der Waals surface area contributed by atoms with Crippen LogP contribution in [0.3, 0.4) is 0 Å². The number of allylic oxidation sites excluding steroid dienone is 2. The van der Waals surface area contributed by atoms with Crippen molar-refractivity contribution in [3.8, 4) is 0 Å². The first-order valence-corrected chi connectivity index (χ1v) is 4.46. The van der Waals surface area contributed by atoms with Gasteiger partial charge in [-0.05, 0) is 31.3 Å². The molecule has 0 spiro atoms. The fourth-order valence-corrected chi connectivity index (χ4v) is 1.65. The van der Waals surface area contributed by atoms with Gasteiger partial charge < -0.3 is 0 Å². The van der Waals surface area contributed by atoms with Crippen LogP contribution in [0.4, 0.5) is 0 Å². The summed E-state index contributed by atoms with van der Waals surface area (Å²) in [5, 5.41) is 0. The van der Waals surface area contributed by atoms with Crippen LogP contribution in [0.25, 0.3) is 0 Å². The molecule has 0 heterocycles. The van der Waals surface area contributed by atoms with Gasteiger partial charge in [-0.25, -0.2) is 0 Å². The number of carbonyl (C=O) groups is 1. The molecule has 0 N–H and O–H groups in total. The van der Waals surface area contributed by atoms with Crippen LogP contribution in [0, 0.1) is 5.92 Å². The molecule has 1 fully saturated rings. The molecule has 1 aliphatic carbocycles. The minimum absolute atomic E-state index is 0.372. The van der Waals surface area contributed by atoms with E-state index in [0.29, 0.717) is 5.78 Å². The van der Waals surface area contributed by atoms with Crippen molar-refractivity contribution in [3.05, 3.63) is 11.6 Å². The van der Waals surface area contributed by atoms with Crippen molar-refractivity contribution in [1.82, 2.24) is 0 Å². The molecule has 0 radical (unpaired) electrons. The Kier molecular flexibility index (Phi) is 2.86. The Morgan fingerprint density at radius 3 is 2.91 bits per heavy atom.